The van der Waals surface area contributed by atoms with Gasteiger partial charge in [0, 0.05) is 43.8 Å². The number of benzene rings is 1. The van der Waals surface area contributed by atoms with Crippen LogP contribution in [-0.4, -0.2) is 49.0 Å². The minimum Gasteiger partial charge on any atom is -0.369 e. The first-order valence-corrected chi connectivity index (χ1v) is 8.84. The van der Waals surface area contributed by atoms with Crippen molar-refractivity contribution in [3.05, 3.63) is 53.9 Å². The van der Waals surface area contributed by atoms with E-state index in [1.165, 1.54) is 5.56 Å². The Morgan fingerprint density at radius 2 is 1.76 bits per heavy atom. The number of carbonyl (C=O) groups excluding carboxylic acids is 1. The number of rotatable bonds is 4. The van der Waals surface area contributed by atoms with Crippen LogP contribution in [-0.2, 0) is 0 Å². The molecule has 1 saturated heterocycles. The van der Waals surface area contributed by atoms with Gasteiger partial charge in [0.15, 0.2) is 0 Å². The van der Waals surface area contributed by atoms with Gasteiger partial charge in [0.2, 0.25) is 0 Å². The van der Waals surface area contributed by atoms with E-state index in [0.29, 0.717) is 11.6 Å². The average molecular weight is 338 g/mol. The number of nitrogens with one attached hydrogen (secondary N) is 1. The average Bonchev–Trinajstić information content (AvgIpc) is 2.63. The third-order valence-corrected chi connectivity index (χ3v) is 4.68. The van der Waals surface area contributed by atoms with Gasteiger partial charge in [-0.05, 0) is 42.8 Å². The monoisotopic (exact) mass is 338 g/mol. The maximum absolute atomic E-state index is 12.5. The van der Waals surface area contributed by atoms with Gasteiger partial charge in [0.05, 0.1) is 0 Å². The first-order valence-electron chi connectivity index (χ1n) is 8.84. The van der Waals surface area contributed by atoms with Crippen molar-refractivity contribution in [2.24, 2.45) is 0 Å². The van der Waals surface area contributed by atoms with Gasteiger partial charge >= 0.3 is 0 Å². The zero-order chi connectivity index (χ0) is 17.8. The fraction of sp³-hybridized carbons (Fsp3) is 0.400. The second kappa shape index (κ2) is 7.66. The number of aromatic nitrogens is 1. The van der Waals surface area contributed by atoms with Crippen LogP contribution in [0.5, 0.6) is 0 Å². The van der Waals surface area contributed by atoms with Crippen LogP contribution in [0, 0.1) is 0 Å². The van der Waals surface area contributed by atoms with E-state index in [1.54, 1.807) is 6.20 Å². The summed E-state index contributed by atoms with van der Waals surface area (Å²) in [7, 11) is 2.13. The molecule has 0 saturated carbocycles. The Hall–Kier alpha value is -2.40. The van der Waals surface area contributed by atoms with Crippen LogP contribution in [0.4, 0.5) is 11.4 Å². The molecule has 1 aliphatic rings. The summed E-state index contributed by atoms with van der Waals surface area (Å²) < 4.78 is 0. The molecule has 0 unspecified atom stereocenters. The number of piperazine rings is 1. The van der Waals surface area contributed by atoms with Gasteiger partial charge < -0.3 is 15.1 Å². The minimum atomic E-state index is -0.173. The van der Waals surface area contributed by atoms with E-state index >= 15 is 0 Å². The summed E-state index contributed by atoms with van der Waals surface area (Å²) in [6.45, 7) is 8.32. The summed E-state index contributed by atoms with van der Waals surface area (Å²) in [5, 5.41) is 2.93. The van der Waals surface area contributed by atoms with Crippen LogP contribution in [0.1, 0.15) is 35.8 Å². The molecule has 0 radical (unpaired) electrons. The summed E-state index contributed by atoms with van der Waals surface area (Å²) in [6, 6.07) is 11.8. The fourth-order valence-corrected chi connectivity index (χ4v) is 2.95. The van der Waals surface area contributed by atoms with E-state index in [9.17, 15) is 4.79 Å². The standard InChI is InChI=1S/C20H26N4O/c1-15(2)16-4-6-17(7-5-16)22-20(25)19-14-18(8-9-21-19)24-12-10-23(3)11-13-24/h4-9,14-15H,10-13H2,1-3H3,(H,22,25). The lowest BCUT2D eigenvalue weighted by atomic mass is 10.0. The molecule has 5 nitrogen and oxygen atoms in total. The highest BCUT2D eigenvalue weighted by Crippen LogP contribution is 2.19. The number of hydrogen-bond donors (Lipinski definition) is 1. The molecule has 1 aromatic carbocycles. The van der Waals surface area contributed by atoms with Gasteiger partial charge in [-0.3, -0.25) is 9.78 Å². The van der Waals surface area contributed by atoms with Gasteiger partial charge in [-0.1, -0.05) is 26.0 Å². The molecule has 1 N–H and O–H groups in total. The first-order chi connectivity index (χ1) is 12.0. The molecule has 5 heteroatoms. The molecular weight excluding hydrogens is 312 g/mol. The predicted molar refractivity (Wildman–Crippen MR) is 102 cm³/mol. The number of amides is 1. The maximum atomic E-state index is 12.5. The molecule has 1 fully saturated rings. The van der Waals surface area contributed by atoms with Crippen molar-refractivity contribution >= 4 is 17.3 Å². The molecule has 3 rings (SSSR count). The summed E-state index contributed by atoms with van der Waals surface area (Å²) >= 11 is 0. The molecule has 1 aromatic heterocycles. The van der Waals surface area contributed by atoms with Crippen molar-refractivity contribution in [1.82, 2.24) is 9.88 Å². The summed E-state index contributed by atoms with van der Waals surface area (Å²) in [4.78, 5) is 21.4. The van der Waals surface area contributed by atoms with E-state index in [-0.39, 0.29) is 5.91 Å². The van der Waals surface area contributed by atoms with E-state index < -0.39 is 0 Å². The van der Waals surface area contributed by atoms with Crippen molar-refractivity contribution in [3.63, 3.8) is 0 Å². The minimum absolute atomic E-state index is 0.173. The highest BCUT2D eigenvalue weighted by atomic mass is 16.1. The molecular formula is C20H26N4O. The largest absolute Gasteiger partial charge is 0.369 e. The highest BCUT2D eigenvalue weighted by Gasteiger charge is 2.16. The Labute approximate surface area is 149 Å². The maximum Gasteiger partial charge on any atom is 0.274 e. The van der Waals surface area contributed by atoms with Crippen LogP contribution in [0.25, 0.3) is 0 Å². The molecule has 2 aromatic rings. The molecule has 0 bridgehead atoms. The number of hydrogen-bond acceptors (Lipinski definition) is 4. The first kappa shape index (κ1) is 17.4. The van der Waals surface area contributed by atoms with Crippen LogP contribution in [0.3, 0.4) is 0 Å². The van der Waals surface area contributed by atoms with Crippen molar-refractivity contribution < 1.29 is 4.79 Å². The lowest BCUT2D eigenvalue weighted by Crippen LogP contribution is -2.44. The molecule has 132 valence electrons. The van der Waals surface area contributed by atoms with Gasteiger partial charge in [0.25, 0.3) is 5.91 Å². The molecule has 1 aliphatic heterocycles. The van der Waals surface area contributed by atoms with Crippen LogP contribution < -0.4 is 10.2 Å². The number of nitrogens with zero attached hydrogens (tertiary/aromatic N) is 3. The number of likely N-dealkylation sites (N-methyl/N-ethyl adjacent to an activating group) is 1. The molecule has 25 heavy (non-hydrogen) atoms. The third-order valence-electron chi connectivity index (χ3n) is 4.68. The van der Waals surface area contributed by atoms with Crippen LogP contribution in [0.2, 0.25) is 0 Å². The summed E-state index contributed by atoms with van der Waals surface area (Å²) in [5.41, 5.74) is 3.56. The summed E-state index contributed by atoms with van der Waals surface area (Å²) in [6.07, 6.45) is 1.71. The van der Waals surface area contributed by atoms with Gasteiger partial charge in [-0.25, -0.2) is 0 Å². The van der Waals surface area contributed by atoms with Gasteiger partial charge in [-0.2, -0.15) is 0 Å². The van der Waals surface area contributed by atoms with Crippen LogP contribution >= 0.6 is 0 Å². The third kappa shape index (κ3) is 4.37. The van der Waals surface area contributed by atoms with Gasteiger partial charge in [-0.15, -0.1) is 0 Å². The van der Waals surface area contributed by atoms with Gasteiger partial charge in [0.1, 0.15) is 5.69 Å². The number of pyridine rings is 1. The highest BCUT2D eigenvalue weighted by molar-refractivity contribution is 6.03. The van der Waals surface area contributed by atoms with Crippen molar-refractivity contribution in [1.29, 1.82) is 0 Å². The molecule has 2 heterocycles. The lowest BCUT2D eigenvalue weighted by molar-refractivity contribution is 0.102. The Bertz CT molecular complexity index is 719. The van der Waals surface area contributed by atoms with E-state index in [4.69, 9.17) is 0 Å². The second-order valence-corrected chi connectivity index (χ2v) is 6.92. The van der Waals surface area contributed by atoms with E-state index in [2.05, 4.69) is 41.0 Å². The number of carbonyl (C=O) groups is 1. The fourth-order valence-electron chi connectivity index (χ4n) is 2.95. The molecule has 1 amide bonds. The van der Waals surface area contributed by atoms with E-state index in [1.807, 2.05) is 36.4 Å². The quantitative estimate of drug-likeness (QED) is 0.930. The van der Waals surface area contributed by atoms with E-state index in [0.717, 1.165) is 37.6 Å². The SMILES string of the molecule is CC(C)c1ccc(NC(=O)c2cc(N3CCN(C)CC3)ccn2)cc1. The Morgan fingerprint density at radius 3 is 2.40 bits per heavy atom. The smallest absolute Gasteiger partial charge is 0.274 e. The molecule has 0 atom stereocenters. The Morgan fingerprint density at radius 1 is 1.08 bits per heavy atom. The predicted octanol–water partition coefficient (Wildman–Crippen LogP) is 3.21. The Kier molecular flexibility index (Phi) is 5.34. The van der Waals surface area contributed by atoms with Crippen molar-refractivity contribution in [2.75, 3.05) is 43.4 Å². The topological polar surface area (TPSA) is 48.5 Å². The van der Waals surface area contributed by atoms with Crippen molar-refractivity contribution in [2.45, 2.75) is 19.8 Å². The Balaban J connectivity index is 1.68. The zero-order valence-electron chi connectivity index (χ0n) is 15.2. The zero-order valence-corrected chi connectivity index (χ0v) is 15.2. The lowest BCUT2D eigenvalue weighted by Gasteiger charge is -2.34. The van der Waals surface area contributed by atoms with Crippen molar-refractivity contribution in [3.8, 4) is 0 Å². The second-order valence-electron chi connectivity index (χ2n) is 6.92. The summed E-state index contributed by atoms with van der Waals surface area (Å²) in [5.74, 6) is 0.306. The molecule has 0 spiro atoms. The molecule has 0 aliphatic carbocycles. The number of anilines is 2. The normalized spacial score (nSPS) is 15.4. The van der Waals surface area contributed by atoms with Crippen LogP contribution in [0.15, 0.2) is 42.6 Å².